The number of amides is 1. The molecule has 0 aliphatic heterocycles. The van der Waals surface area contributed by atoms with Crippen LogP contribution in [0.25, 0.3) is 11.5 Å². The van der Waals surface area contributed by atoms with Gasteiger partial charge >= 0.3 is 0 Å². The zero-order chi connectivity index (χ0) is 17.1. The van der Waals surface area contributed by atoms with E-state index < -0.39 is 5.91 Å². The summed E-state index contributed by atoms with van der Waals surface area (Å²) in [6.45, 7) is -0.0114. The fourth-order valence-electron chi connectivity index (χ4n) is 2.02. The number of carbonyl (C=O) groups is 1. The van der Waals surface area contributed by atoms with Gasteiger partial charge in [0.25, 0.3) is 11.8 Å². The third-order valence-corrected chi connectivity index (χ3v) is 3.68. The molecule has 1 aromatic heterocycles. The number of rotatable bonds is 5. The number of para-hydroxylation sites is 1. The van der Waals surface area contributed by atoms with Crippen molar-refractivity contribution >= 4 is 29.1 Å². The Morgan fingerprint density at radius 2 is 1.96 bits per heavy atom. The van der Waals surface area contributed by atoms with Crippen molar-refractivity contribution in [3.63, 3.8) is 0 Å². The summed E-state index contributed by atoms with van der Waals surface area (Å²) in [7, 11) is 0. The van der Waals surface area contributed by atoms with E-state index in [0.717, 1.165) is 0 Å². The number of hydrogen-bond donors (Lipinski definition) is 1. The van der Waals surface area contributed by atoms with Crippen LogP contribution in [0.2, 0.25) is 10.0 Å². The standard InChI is InChI=1S/C16H11Cl2N3O3/c17-9-5-6-10(12(18)7-9)16-21-20-14(24-16)8-23-13-4-2-1-3-11(13)15(19)22/h1-7H,8H2,(H2,19,22). The van der Waals surface area contributed by atoms with E-state index in [4.69, 9.17) is 38.1 Å². The molecule has 3 rings (SSSR count). The minimum absolute atomic E-state index is 0.0114. The van der Waals surface area contributed by atoms with E-state index in [1.807, 2.05) is 0 Å². The molecule has 3 aromatic rings. The number of hydrogen-bond acceptors (Lipinski definition) is 5. The topological polar surface area (TPSA) is 91.2 Å². The van der Waals surface area contributed by atoms with Crippen LogP contribution >= 0.6 is 23.2 Å². The Hall–Kier alpha value is -2.57. The van der Waals surface area contributed by atoms with Crippen molar-refractivity contribution in [3.8, 4) is 17.2 Å². The smallest absolute Gasteiger partial charge is 0.254 e. The number of nitrogens with zero attached hydrogens (tertiary/aromatic N) is 2. The Labute approximate surface area is 147 Å². The highest BCUT2D eigenvalue weighted by molar-refractivity contribution is 6.36. The largest absolute Gasteiger partial charge is 0.483 e. The molecule has 122 valence electrons. The van der Waals surface area contributed by atoms with Gasteiger partial charge in [0, 0.05) is 5.02 Å². The third-order valence-electron chi connectivity index (χ3n) is 3.13. The Kier molecular flexibility index (Phi) is 4.69. The summed E-state index contributed by atoms with van der Waals surface area (Å²) in [5.41, 5.74) is 6.14. The summed E-state index contributed by atoms with van der Waals surface area (Å²) < 4.78 is 11.1. The highest BCUT2D eigenvalue weighted by Crippen LogP contribution is 2.29. The van der Waals surface area contributed by atoms with E-state index in [0.29, 0.717) is 21.4 Å². The summed E-state index contributed by atoms with van der Waals surface area (Å²) in [5.74, 6) is 0.243. The van der Waals surface area contributed by atoms with Gasteiger partial charge in [0.05, 0.1) is 16.1 Å². The Bertz CT molecular complexity index is 896. The van der Waals surface area contributed by atoms with Crippen molar-refractivity contribution in [2.45, 2.75) is 6.61 Å². The van der Waals surface area contributed by atoms with Crippen LogP contribution in [-0.2, 0) is 6.61 Å². The van der Waals surface area contributed by atoms with E-state index in [1.165, 1.54) is 0 Å². The van der Waals surface area contributed by atoms with Gasteiger partial charge in [0.1, 0.15) is 5.75 Å². The highest BCUT2D eigenvalue weighted by atomic mass is 35.5. The van der Waals surface area contributed by atoms with Gasteiger partial charge in [-0.25, -0.2) is 0 Å². The number of ether oxygens (including phenoxy) is 1. The first kappa shape index (κ1) is 16.3. The molecular formula is C16H11Cl2N3O3. The van der Waals surface area contributed by atoms with Crippen molar-refractivity contribution in [2.75, 3.05) is 0 Å². The second-order valence-electron chi connectivity index (χ2n) is 4.77. The minimum atomic E-state index is -0.579. The first-order valence-corrected chi connectivity index (χ1v) is 7.59. The summed E-state index contributed by atoms with van der Waals surface area (Å²) in [6, 6.07) is 11.6. The highest BCUT2D eigenvalue weighted by Gasteiger charge is 2.14. The second kappa shape index (κ2) is 6.90. The summed E-state index contributed by atoms with van der Waals surface area (Å²) >= 11 is 12.0. The summed E-state index contributed by atoms with van der Waals surface area (Å²) in [6.07, 6.45) is 0. The molecule has 1 heterocycles. The van der Waals surface area contributed by atoms with E-state index >= 15 is 0 Å². The first-order chi connectivity index (χ1) is 11.5. The molecular weight excluding hydrogens is 353 g/mol. The fourth-order valence-corrected chi connectivity index (χ4v) is 2.51. The van der Waals surface area contributed by atoms with Gasteiger partial charge in [-0.05, 0) is 30.3 Å². The van der Waals surface area contributed by atoms with Crippen LogP contribution in [-0.4, -0.2) is 16.1 Å². The lowest BCUT2D eigenvalue weighted by Gasteiger charge is -2.06. The van der Waals surface area contributed by atoms with Gasteiger partial charge in [-0.1, -0.05) is 35.3 Å². The predicted octanol–water partition coefficient (Wildman–Crippen LogP) is 3.72. The lowest BCUT2D eigenvalue weighted by molar-refractivity contribution is 0.0995. The van der Waals surface area contributed by atoms with Crippen molar-refractivity contribution < 1.29 is 13.9 Å². The van der Waals surface area contributed by atoms with Gasteiger partial charge in [-0.2, -0.15) is 0 Å². The molecule has 2 aromatic carbocycles. The van der Waals surface area contributed by atoms with Crippen LogP contribution in [0.4, 0.5) is 0 Å². The van der Waals surface area contributed by atoms with Crippen molar-refractivity contribution in [1.29, 1.82) is 0 Å². The minimum Gasteiger partial charge on any atom is -0.483 e. The van der Waals surface area contributed by atoms with Gasteiger partial charge in [-0.3, -0.25) is 4.79 Å². The van der Waals surface area contributed by atoms with Crippen LogP contribution in [0.5, 0.6) is 5.75 Å². The quantitative estimate of drug-likeness (QED) is 0.745. The predicted molar refractivity (Wildman–Crippen MR) is 89.0 cm³/mol. The average molecular weight is 364 g/mol. The molecule has 24 heavy (non-hydrogen) atoms. The molecule has 8 heteroatoms. The maximum Gasteiger partial charge on any atom is 0.254 e. The summed E-state index contributed by atoms with van der Waals surface area (Å²) in [5, 5.41) is 8.74. The van der Waals surface area contributed by atoms with Gasteiger partial charge in [-0.15, -0.1) is 10.2 Å². The number of benzene rings is 2. The van der Waals surface area contributed by atoms with Gasteiger partial charge in [0.2, 0.25) is 5.89 Å². The number of carbonyl (C=O) groups excluding carboxylic acids is 1. The normalized spacial score (nSPS) is 10.6. The number of nitrogens with two attached hydrogens (primary N) is 1. The van der Waals surface area contributed by atoms with Crippen LogP contribution in [0.15, 0.2) is 46.9 Å². The Morgan fingerprint density at radius 1 is 1.17 bits per heavy atom. The lowest BCUT2D eigenvalue weighted by atomic mass is 10.2. The molecule has 0 saturated carbocycles. The molecule has 2 N–H and O–H groups in total. The fraction of sp³-hybridized carbons (Fsp3) is 0.0625. The Morgan fingerprint density at radius 3 is 2.71 bits per heavy atom. The molecule has 0 bridgehead atoms. The number of aromatic nitrogens is 2. The molecule has 0 spiro atoms. The molecule has 0 saturated heterocycles. The molecule has 1 amide bonds. The molecule has 0 radical (unpaired) electrons. The second-order valence-corrected chi connectivity index (χ2v) is 5.62. The van der Waals surface area contributed by atoms with Crippen LogP contribution < -0.4 is 10.5 Å². The third kappa shape index (κ3) is 3.50. The van der Waals surface area contributed by atoms with Crippen LogP contribution in [0, 0.1) is 0 Å². The monoisotopic (exact) mass is 363 g/mol. The molecule has 0 aliphatic carbocycles. The summed E-state index contributed by atoms with van der Waals surface area (Å²) in [4.78, 5) is 11.4. The molecule has 0 unspecified atom stereocenters. The molecule has 0 aliphatic rings. The van der Waals surface area contributed by atoms with E-state index in [2.05, 4.69) is 10.2 Å². The average Bonchev–Trinajstić information content (AvgIpc) is 3.01. The Balaban J connectivity index is 1.77. The van der Waals surface area contributed by atoms with E-state index in [-0.39, 0.29) is 24.0 Å². The number of halogens is 2. The lowest BCUT2D eigenvalue weighted by Crippen LogP contribution is -2.12. The molecule has 0 fully saturated rings. The maximum absolute atomic E-state index is 11.4. The van der Waals surface area contributed by atoms with Crippen LogP contribution in [0.1, 0.15) is 16.2 Å². The molecule has 6 nitrogen and oxygen atoms in total. The zero-order valence-corrected chi connectivity index (χ0v) is 13.7. The zero-order valence-electron chi connectivity index (χ0n) is 12.2. The van der Waals surface area contributed by atoms with Crippen molar-refractivity contribution in [3.05, 3.63) is 64.0 Å². The van der Waals surface area contributed by atoms with Crippen LogP contribution in [0.3, 0.4) is 0 Å². The first-order valence-electron chi connectivity index (χ1n) is 6.84. The van der Waals surface area contributed by atoms with Gasteiger partial charge in [0.15, 0.2) is 6.61 Å². The van der Waals surface area contributed by atoms with E-state index in [1.54, 1.807) is 42.5 Å². The maximum atomic E-state index is 11.4. The van der Waals surface area contributed by atoms with Gasteiger partial charge < -0.3 is 14.9 Å². The van der Waals surface area contributed by atoms with Crippen molar-refractivity contribution in [2.24, 2.45) is 5.73 Å². The number of primary amides is 1. The molecule has 0 atom stereocenters. The SMILES string of the molecule is NC(=O)c1ccccc1OCc1nnc(-c2ccc(Cl)cc2Cl)o1. The van der Waals surface area contributed by atoms with Crippen molar-refractivity contribution in [1.82, 2.24) is 10.2 Å². The van der Waals surface area contributed by atoms with E-state index in [9.17, 15) is 4.79 Å².